The third-order valence-electron chi connectivity index (χ3n) is 5.70. The number of aromatic nitrogens is 2. The van der Waals surface area contributed by atoms with Gasteiger partial charge in [-0.25, -0.2) is 9.18 Å². The maximum Gasteiger partial charge on any atom is 0.340 e. The SMILES string of the molecule is COC(=O)c1cc(CC=C[C@H]2COc3c(Br)cc(Cn4ccn(C)c4=N)cc3C2=O)ccc1F. The Morgan fingerprint density at radius 3 is 2.79 bits per heavy atom. The summed E-state index contributed by atoms with van der Waals surface area (Å²) in [4.78, 5) is 24.9. The number of fused-ring (bicyclic) bond motifs is 1. The maximum absolute atomic E-state index is 13.8. The van der Waals surface area contributed by atoms with E-state index in [-0.39, 0.29) is 18.0 Å². The van der Waals surface area contributed by atoms with Crippen LogP contribution in [-0.4, -0.2) is 34.6 Å². The number of imidazole rings is 1. The molecule has 1 aliphatic heterocycles. The van der Waals surface area contributed by atoms with E-state index in [1.807, 2.05) is 24.4 Å². The first-order valence-corrected chi connectivity index (χ1v) is 11.4. The van der Waals surface area contributed by atoms with Crippen LogP contribution < -0.4 is 10.4 Å². The number of carbonyl (C=O) groups excluding carboxylic acids is 2. The summed E-state index contributed by atoms with van der Waals surface area (Å²) in [5.41, 5.74) is 2.32. The molecule has 1 aromatic heterocycles. The molecule has 0 radical (unpaired) electrons. The van der Waals surface area contributed by atoms with E-state index in [2.05, 4.69) is 20.7 Å². The van der Waals surface area contributed by atoms with E-state index in [4.69, 9.17) is 10.1 Å². The lowest BCUT2D eigenvalue weighted by Gasteiger charge is -2.24. The highest BCUT2D eigenvalue weighted by molar-refractivity contribution is 9.10. The minimum atomic E-state index is -0.733. The van der Waals surface area contributed by atoms with Crippen LogP contribution in [0.4, 0.5) is 4.39 Å². The van der Waals surface area contributed by atoms with Crippen molar-refractivity contribution in [1.82, 2.24) is 9.13 Å². The van der Waals surface area contributed by atoms with Crippen LogP contribution in [0.15, 0.2) is 59.4 Å². The fourth-order valence-corrected chi connectivity index (χ4v) is 4.47. The van der Waals surface area contributed by atoms with E-state index in [1.54, 1.807) is 34.5 Å². The Morgan fingerprint density at radius 1 is 1.29 bits per heavy atom. The van der Waals surface area contributed by atoms with Crippen LogP contribution in [0.2, 0.25) is 0 Å². The lowest BCUT2D eigenvalue weighted by Crippen LogP contribution is -2.27. The number of esters is 1. The van der Waals surface area contributed by atoms with Crippen molar-refractivity contribution in [3.05, 3.63) is 93.0 Å². The molecule has 0 amide bonds. The van der Waals surface area contributed by atoms with Gasteiger partial charge in [0.2, 0.25) is 5.62 Å². The van der Waals surface area contributed by atoms with Gasteiger partial charge in [-0.1, -0.05) is 18.2 Å². The largest absolute Gasteiger partial charge is 0.491 e. The lowest BCUT2D eigenvalue weighted by molar-refractivity contribution is 0.0595. The molecule has 0 unspecified atom stereocenters. The third-order valence-corrected chi connectivity index (χ3v) is 6.29. The highest BCUT2D eigenvalue weighted by Gasteiger charge is 2.29. The number of nitrogens with one attached hydrogen (secondary N) is 1. The van der Waals surface area contributed by atoms with E-state index in [0.717, 1.165) is 11.1 Å². The summed E-state index contributed by atoms with van der Waals surface area (Å²) in [5.74, 6) is -1.38. The number of Topliss-reactive ketones (excluding diaryl/α,β-unsaturated/α-hetero) is 1. The zero-order valence-corrected chi connectivity index (χ0v) is 20.3. The Morgan fingerprint density at radius 2 is 2.09 bits per heavy atom. The Bertz CT molecular complexity index is 1360. The molecule has 176 valence electrons. The van der Waals surface area contributed by atoms with Crippen molar-refractivity contribution in [1.29, 1.82) is 5.41 Å². The molecule has 0 saturated heterocycles. The van der Waals surface area contributed by atoms with Gasteiger partial charge in [-0.3, -0.25) is 10.2 Å². The van der Waals surface area contributed by atoms with E-state index in [1.165, 1.54) is 19.2 Å². The minimum Gasteiger partial charge on any atom is -0.491 e. The zero-order valence-electron chi connectivity index (χ0n) is 18.7. The molecule has 1 N–H and O–H groups in total. The number of ether oxygens (including phenoxy) is 2. The number of hydrogen-bond acceptors (Lipinski definition) is 5. The number of halogens is 2. The van der Waals surface area contributed by atoms with E-state index >= 15 is 0 Å². The molecular weight excluding hydrogens is 505 g/mol. The van der Waals surface area contributed by atoms with Gasteiger partial charge < -0.3 is 18.6 Å². The van der Waals surface area contributed by atoms with Crippen LogP contribution in [0.1, 0.15) is 31.8 Å². The molecule has 4 rings (SSSR count). The number of allylic oxidation sites excluding steroid dienone is 1. The molecule has 0 aliphatic carbocycles. The van der Waals surface area contributed by atoms with Gasteiger partial charge in [-0.15, -0.1) is 0 Å². The van der Waals surface area contributed by atoms with Gasteiger partial charge >= 0.3 is 5.97 Å². The normalized spacial score (nSPS) is 15.3. The van der Waals surface area contributed by atoms with Crippen LogP contribution in [0.3, 0.4) is 0 Å². The van der Waals surface area contributed by atoms with Gasteiger partial charge in [0, 0.05) is 19.4 Å². The van der Waals surface area contributed by atoms with E-state index < -0.39 is 17.7 Å². The summed E-state index contributed by atoms with van der Waals surface area (Å²) < 4.78 is 28.5. The Labute approximate surface area is 204 Å². The molecule has 3 aromatic rings. The monoisotopic (exact) mass is 527 g/mol. The molecule has 2 aromatic carbocycles. The molecule has 0 saturated carbocycles. The predicted octanol–water partition coefficient (Wildman–Crippen LogP) is 4.03. The molecule has 2 heterocycles. The number of hydrogen-bond donors (Lipinski definition) is 1. The van der Waals surface area contributed by atoms with Gasteiger partial charge in [0.1, 0.15) is 18.2 Å². The van der Waals surface area contributed by atoms with Gasteiger partial charge in [-0.05, 0) is 57.7 Å². The fourth-order valence-electron chi connectivity index (χ4n) is 3.84. The third kappa shape index (κ3) is 4.75. The summed E-state index contributed by atoms with van der Waals surface area (Å²) in [6, 6.07) is 7.98. The first-order valence-electron chi connectivity index (χ1n) is 10.6. The van der Waals surface area contributed by atoms with Crippen molar-refractivity contribution < 1.29 is 23.5 Å². The van der Waals surface area contributed by atoms with Gasteiger partial charge in [0.05, 0.1) is 35.2 Å². The van der Waals surface area contributed by atoms with Crippen molar-refractivity contribution in [3.63, 3.8) is 0 Å². The number of aryl methyl sites for hydroxylation is 1. The Kier molecular flexibility index (Phi) is 6.83. The highest BCUT2D eigenvalue weighted by atomic mass is 79.9. The summed E-state index contributed by atoms with van der Waals surface area (Å²) in [5, 5.41) is 8.11. The predicted molar refractivity (Wildman–Crippen MR) is 126 cm³/mol. The molecule has 9 heteroatoms. The molecule has 0 fully saturated rings. The molecule has 1 atom stereocenters. The van der Waals surface area contributed by atoms with Crippen LogP contribution in [-0.2, 0) is 24.8 Å². The Hall–Kier alpha value is -3.46. The number of methoxy groups -OCH3 is 1. The molecule has 34 heavy (non-hydrogen) atoms. The molecule has 0 spiro atoms. The van der Waals surface area contributed by atoms with Crippen molar-refractivity contribution in [2.75, 3.05) is 13.7 Å². The van der Waals surface area contributed by atoms with Gasteiger partial charge in [0.15, 0.2) is 5.78 Å². The maximum atomic E-state index is 13.8. The quantitative estimate of drug-likeness (QED) is 0.387. The molecule has 7 nitrogen and oxygen atoms in total. The summed E-state index contributed by atoms with van der Waals surface area (Å²) >= 11 is 3.51. The van der Waals surface area contributed by atoms with Crippen molar-refractivity contribution in [2.45, 2.75) is 13.0 Å². The number of carbonyl (C=O) groups is 2. The molecular formula is C25H23BrFN3O4. The second kappa shape index (κ2) is 9.80. The van der Waals surface area contributed by atoms with Crippen molar-refractivity contribution >= 4 is 27.7 Å². The lowest BCUT2D eigenvalue weighted by atomic mass is 9.93. The topological polar surface area (TPSA) is 86.3 Å². The zero-order chi connectivity index (χ0) is 24.4. The fraction of sp³-hybridized carbons (Fsp3) is 0.240. The van der Waals surface area contributed by atoms with Crippen LogP contribution in [0.25, 0.3) is 0 Å². The van der Waals surface area contributed by atoms with E-state index in [9.17, 15) is 14.0 Å². The van der Waals surface area contributed by atoms with Gasteiger partial charge in [-0.2, -0.15) is 0 Å². The second-order valence-electron chi connectivity index (χ2n) is 8.03. The summed E-state index contributed by atoms with van der Waals surface area (Å²) in [7, 11) is 3.01. The van der Waals surface area contributed by atoms with E-state index in [0.29, 0.717) is 34.4 Å². The van der Waals surface area contributed by atoms with Crippen LogP contribution in [0.5, 0.6) is 5.75 Å². The standard InChI is InChI=1S/C25H23BrFN3O4/c1-29-8-9-30(25(29)28)13-16-11-19-22(31)17(14-34-23(19)20(26)12-16)5-3-4-15-6-7-21(27)18(10-15)24(32)33-2/h3,5-12,17,28H,4,13-14H2,1-2H3/t17-/m0/s1. The van der Waals surface area contributed by atoms with Crippen LogP contribution >= 0.6 is 15.9 Å². The number of nitrogens with zero attached hydrogens (tertiary/aromatic N) is 2. The molecule has 1 aliphatic rings. The van der Waals surface area contributed by atoms with Crippen molar-refractivity contribution in [3.8, 4) is 5.75 Å². The number of benzene rings is 2. The first-order chi connectivity index (χ1) is 16.3. The molecule has 0 bridgehead atoms. The average molecular weight is 528 g/mol. The second-order valence-corrected chi connectivity index (χ2v) is 8.89. The number of ketones is 1. The highest BCUT2D eigenvalue weighted by Crippen LogP contribution is 2.36. The van der Waals surface area contributed by atoms with Crippen molar-refractivity contribution in [2.24, 2.45) is 13.0 Å². The first kappa shape index (κ1) is 23.7. The summed E-state index contributed by atoms with van der Waals surface area (Å²) in [6.07, 6.45) is 7.64. The summed E-state index contributed by atoms with van der Waals surface area (Å²) in [6.45, 7) is 0.661. The van der Waals surface area contributed by atoms with Gasteiger partial charge in [0.25, 0.3) is 0 Å². The Balaban J connectivity index is 1.51. The number of rotatable bonds is 6. The average Bonchev–Trinajstić information content (AvgIpc) is 3.13. The smallest absolute Gasteiger partial charge is 0.340 e. The van der Waals surface area contributed by atoms with Crippen LogP contribution in [0, 0.1) is 17.1 Å². The minimum absolute atomic E-state index is 0.0569.